The maximum Gasteiger partial charge on any atom is 0.335 e. The van der Waals surface area contributed by atoms with Gasteiger partial charge in [-0.1, -0.05) is 44.2 Å². The number of rotatable bonds is 14. The van der Waals surface area contributed by atoms with Crippen LogP contribution in [0.5, 0.6) is 0 Å². The normalized spacial score (nSPS) is 22.1. The molecule has 0 bridgehead atoms. The first-order valence-electron chi connectivity index (χ1n) is 14.2. The average Bonchev–Trinajstić information content (AvgIpc) is 2.87. The van der Waals surface area contributed by atoms with Crippen LogP contribution in [0.15, 0.2) is 30.3 Å². The Morgan fingerprint density at radius 1 is 0.974 bits per heavy atom. The summed E-state index contributed by atoms with van der Waals surface area (Å²) in [6.45, 7) is 19.8. The number of carbonyl (C=O) groups excluding carboxylic acids is 2. The van der Waals surface area contributed by atoms with Crippen molar-refractivity contribution in [3.05, 3.63) is 35.9 Å². The van der Waals surface area contributed by atoms with Gasteiger partial charge in [-0.2, -0.15) is 5.06 Å². The van der Waals surface area contributed by atoms with Crippen molar-refractivity contribution in [3.63, 3.8) is 0 Å². The van der Waals surface area contributed by atoms with Crippen LogP contribution in [0.1, 0.15) is 113 Å². The molecule has 1 aromatic rings. The zero-order chi connectivity index (χ0) is 28.7. The van der Waals surface area contributed by atoms with Gasteiger partial charge in [0.15, 0.2) is 12.2 Å². The van der Waals surface area contributed by atoms with Crippen LogP contribution < -0.4 is 0 Å². The summed E-state index contributed by atoms with van der Waals surface area (Å²) in [5, 5.41) is 2.12. The molecule has 1 aromatic carbocycles. The lowest BCUT2D eigenvalue weighted by Crippen LogP contribution is -2.58. The van der Waals surface area contributed by atoms with Crippen LogP contribution in [0.4, 0.5) is 0 Å². The first-order valence-corrected chi connectivity index (χ1v) is 14.2. The van der Waals surface area contributed by atoms with Crippen LogP contribution in [0.25, 0.3) is 0 Å². The Hall–Kier alpha value is -1.80. The summed E-state index contributed by atoms with van der Waals surface area (Å²) < 4.78 is 17.5. The maximum absolute atomic E-state index is 13.5. The van der Waals surface area contributed by atoms with E-state index in [-0.39, 0.29) is 29.6 Å². The minimum absolute atomic E-state index is 0.0717. The second-order valence-electron chi connectivity index (χ2n) is 12.1. The summed E-state index contributed by atoms with van der Waals surface area (Å²) in [5.74, 6) is -0.834. The second-order valence-corrected chi connectivity index (χ2v) is 12.1. The van der Waals surface area contributed by atoms with Crippen molar-refractivity contribution in [2.45, 2.75) is 142 Å². The lowest BCUT2D eigenvalue weighted by molar-refractivity contribution is -0.315. The van der Waals surface area contributed by atoms with Gasteiger partial charge in [-0.3, -0.25) is 9.63 Å². The van der Waals surface area contributed by atoms with Gasteiger partial charge in [-0.15, -0.1) is 0 Å². The Morgan fingerprint density at radius 3 is 2.08 bits per heavy atom. The monoisotopic (exact) mass is 533 g/mol. The third-order valence-electron chi connectivity index (χ3n) is 7.84. The Bertz CT molecular complexity index is 885. The van der Waals surface area contributed by atoms with Crippen LogP contribution in [-0.4, -0.2) is 58.4 Å². The fourth-order valence-electron chi connectivity index (χ4n) is 5.10. The van der Waals surface area contributed by atoms with Gasteiger partial charge in [-0.05, 0) is 93.1 Å². The number of Topliss-reactive ketones (excluding diaryl/α,β-unsaturated/α-hetero) is 1. The van der Waals surface area contributed by atoms with Gasteiger partial charge < -0.3 is 14.2 Å². The second kappa shape index (κ2) is 13.5. The third kappa shape index (κ3) is 8.35. The Balaban J connectivity index is 2.18. The molecular weight excluding hydrogens is 482 g/mol. The summed E-state index contributed by atoms with van der Waals surface area (Å²) in [6, 6.07) is 9.97. The molecule has 0 saturated carbocycles. The van der Waals surface area contributed by atoms with Crippen molar-refractivity contribution in [1.82, 2.24) is 5.06 Å². The van der Waals surface area contributed by atoms with Gasteiger partial charge in [-0.25, -0.2) is 4.79 Å². The molecule has 0 amide bonds. The lowest BCUT2D eigenvalue weighted by Gasteiger charge is -2.52. The quantitative estimate of drug-likeness (QED) is 0.250. The topological polar surface area (TPSA) is 74.3 Å². The largest absolute Gasteiger partial charge is 0.453 e. The summed E-state index contributed by atoms with van der Waals surface area (Å²) in [4.78, 5) is 32.8. The molecule has 1 aliphatic rings. The highest BCUT2D eigenvalue weighted by Crippen LogP contribution is 2.41. The van der Waals surface area contributed by atoms with Crippen molar-refractivity contribution >= 4 is 11.8 Å². The van der Waals surface area contributed by atoms with E-state index in [0.29, 0.717) is 6.42 Å². The van der Waals surface area contributed by atoms with Gasteiger partial charge in [0, 0.05) is 11.1 Å². The number of ether oxygens (including phenoxy) is 3. The summed E-state index contributed by atoms with van der Waals surface area (Å²) in [5.41, 5.74) is -0.458. The number of hydrogen-bond acceptors (Lipinski definition) is 7. The number of piperidine rings is 1. The molecule has 0 radical (unpaired) electrons. The molecular formula is C31H51NO6. The molecule has 216 valence electrons. The van der Waals surface area contributed by atoms with Crippen molar-refractivity contribution in [2.24, 2.45) is 0 Å². The number of carbonyl (C=O) groups is 2. The molecule has 1 heterocycles. The molecule has 0 N–H and O–H groups in total. The first kappa shape index (κ1) is 32.4. The van der Waals surface area contributed by atoms with E-state index in [9.17, 15) is 9.59 Å². The lowest BCUT2D eigenvalue weighted by atomic mass is 9.82. The van der Waals surface area contributed by atoms with Gasteiger partial charge in [0.25, 0.3) is 0 Å². The summed E-state index contributed by atoms with van der Waals surface area (Å²) >= 11 is 0. The van der Waals surface area contributed by atoms with Gasteiger partial charge in [0.2, 0.25) is 5.78 Å². The Kier molecular flexibility index (Phi) is 11.5. The molecule has 0 aliphatic carbocycles. The summed E-state index contributed by atoms with van der Waals surface area (Å²) in [7, 11) is 0. The highest BCUT2D eigenvalue weighted by Gasteiger charge is 2.45. The van der Waals surface area contributed by atoms with E-state index in [1.807, 2.05) is 51.1 Å². The highest BCUT2D eigenvalue weighted by molar-refractivity contribution is 5.92. The number of ketones is 1. The number of benzene rings is 1. The number of nitrogens with zero attached hydrogens (tertiary/aromatic N) is 1. The molecule has 0 spiro atoms. The van der Waals surface area contributed by atoms with Gasteiger partial charge >= 0.3 is 5.97 Å². The van der Waals surface area contributed by atoms with E-state index in [2.05, 4.69) is 32.8 Å². The van der Waals surface area contributed by atoms with Crippen molar-refractivity contribution in [1.29, 1.82) is 0 Å². The van der Waals surface area contributed by atoms with Crippen molar-refractivity contribution in [2.75, 3.05) is 6.61 Å². The van der Waals surface area contributed by atoms with E-state index in [0.717, 1.165) is 31.2 Å². The van der Waals surface area contributed by atoms with E-state index in [4.69, 9.17) is 19.0 Å². The molecule has 0 aromatic heterocycles. The van der Waals surface area contributed by atoms with Crippen LogP contribution in [0.2, 0.25) is 0 Å². The van der Waals surface area contributed by atoms with Gasteiger partial charge in [0.1, 0.15) is 11.7 Å². The highest BCUT2D eigenvalue weighted by atomic mass is 16.7. The molecule has 1 fully saturated rings. The molecule has 1 aliphatic heterocycles. The third-order valence-corrected chi connectivity index (χ3v) is 7.84. The SMILES string of the molecule is CCC(C)OC(C)C(=O)OC(C)C(=O)C(C)(CC)OCC(ON1C(C)(C)CCCC1(C)C)c1ccccc1. The average molecular weight is 534 g/mol. The van der Waals surface area contributed by atoms with E-state index in [1.165, 1.54) is 0 Å². The van der Waals surface area contributed by atoms with E-state index >= 15 is 0 Å². The maximum atomic E-state index is 13.5. The minimum atomic E-state index is -1.15. The van der Waals surface area contributed by atoms with Crippen molar-refractivity contribution in [3.8, 4) is 0 Å². The van der Waals surface area contributed by atoms with Gasteiger partial charge in [0.05, 0.1) is 12.7 Å². The fraction of sp³-hybridized carbons (Fsp3) is 0.742. The standard InChI is InChI=1S/C31H51NO6/c1-11-22(3)36-24(5)28(34)37-23(4)27(33)31(10,12-2)35-21-26(25-17-14-13-15-18-25)38-32-29(6,7)19-16-20-30(32,8)9/h13-15,17-18,22-24,26H,11-12,16,19-21H2,1-10H3. The number of hydrogen-bond donors (Lipinski definition) is 0. The van der Waals surface area contributed by atoms with E-state index in [1.54, 1.807) is 20.8 Å². The van der Waals surface area contributed by atoms with Crippen LogP contribution in [-0.2, 0) is 28.6 Å². The Labute approximate surface area is 230 Å². The van der Waals surface area contributed by atoms with Crippen LogP contribution in [0.3, 0.4) is 0 Å². The Morgan fingerprint density at radius 2 is 1.55 bits per heavy atom. The van der Waals surface area contributed by atoms with Crippen LogP contribution >= 0.6 is 0 Å². The number of hydroxylamine groups is 2. The minimum Gasteiger partial charge on any atom is -0.453 e. The zero-order valence-corrected chi connectivity index (χ0v) is 25.3. The number of esters is 1. The molecule has 1 saturated heterocycles. The molecule has 5 unspecified atom stereocenters. The fourth-order valence-corrected chi connectivity index (χ4v) is 5.10. The van der Waals surface area contributed by atoms with Crippen molar-refractivity contribution < 1.29 is 28.6 Å². The molecule has 38 heavy (non-hydrogen) atoms. The van der Waals surface area contributed by atoms with E-state index < -0.39 is 29.9 Å². The van der Waals surface area contributed by atoms with Crippen LogP contribution in [0, 0.1) is 0 Å². The summed E-state index contributed by atoms with van der Waals surface area (Å²) in [6.07, 6.45) is 2.22. The first-order chi connectivity index (χ1) is 17.7. The predicted molar refractivity (Wildman–Crippen MR) is 150 cm³/mol. The molecule has 2 rings (SSSR count). The smallest absolute Gasteiger partial charge is 0.335 e. The molecule has 7 heteroatoms. The predicted octanol–water partition coefficient (Wildman–Crippen LogP) is 6.59. The molecule has 7 nitrogen and oxygen atoms in total. The molecule has 5 atom stereocenters. The zero-order valence-electron chi connectivity index (χ0n) is 25.3.